The molecule has 1 aromatic carbocycles. The molecule has 1 fully saturated rings. The van der Waals surface area contributed by atoms with E-state index >= 15 is 0 Å². The van der Waals surface area contributed by atoms with Crippen LogP contribution in [0.15, 0.2) is 41.3 Å². The van der Waals surface area contributed by atoms with Crippen molar-refractivity contribution in [1.82, 2.24) is 19.7 Å². The molecule has 0 bridgehead atoms. The summed E-state index contributed by atoms with van der Waals surface area (Å²) < 4.78 is 2.58. The summed E-state index contributed by atoms with van der Waals surface area (Å²) in [6.45, 7) is 2.11. The highest BCUT2D eigenvalue weighted by molar-refractivity contribution is 9.10. The fourth-order valence-electron chi connectivity index (χ4n) is 3.05. The number of benzene rings is 1. The third-order valence-electron chi connectivity index (χ3n) is 4.24. The van der Waals surface area contributed by atoms with E-state index in [2.05, 4.69) is 41.2 Å². The van der Waals surface area contributed by atoms with Gasteiger partial charge in [-0.25, -0.2) is 14.6 Å². The second kappa shape index (κ2) is 6.79. The van der Waals surface area contributed by atoms with Crippen molar-refractivity contribution >= 4 is 44.4 Å². The standard InChI is InChI=1S/C17H17BrN6O/c18-12-3-5-13(6-4-12)22-15(25)10-24-17-14(9-21-24)16(19-11-20-17)23-7-1-2-8-23/h3-6,9,11H,1-2,7-8,10H2,(H,22,25). The van der Waals surface area contributed by atoms with Crippen LogP contribution in [0.2, 0.25) is 0 Å². The number of carbonyl (C=O) groups is 1. The second-order valence-electron chi connectivity index (χ2n) is 5.99. The number of rotatable bonds is 4. The lowest BCUT2D eigenvalue weighted by Gasteiger charge is -2.16. The zero-order chi connectivity index (χ0) is 17.2. The van der Waals surface area contributed by atoms with E-state index < -0.39 is 0 Å². The number of nitrogens with zero attached hydrogens (tertiary/aromatic N) is 5. The fourth-order valence-corrected chi connectivity index (χ4v) is 3.31. The topological polar surface area (TPSA) is 75.9 Å². The van der Waals surface area contributed by atoms with Gasteiger partial charge in [0.2, 0.25) is 5.91 Å². The van der Waals surface area contributed by atoms with E-state index in [1.54, 1.807) is 17.2 Å². The van der Waals surface area contributed by atoms with Crippen LogP contribution >= 0.6 is 15.9 Å². The summed E-state index contributed by atoms with van der Waals surface area (Å²) in [5.74, 6) is 0.760. The van der Waals surface area contributed by atoms with Gasteiger partial charge in [-0.05, 0) is 37.1 Å². The second-order valence-corrected chi connectivity index (χ2v) is 6.90. The number of aromatic nitrogens is 4. The Morgan fingerprint density at radius 3 is 2.68 bits per heavy atom. The van der Waals surface area contributed by atoms with Crippen LogP contribution in [0, 0.1) is 0 Å². The molecule has 0 unspecified atom stereocenters. The zero-order valence-corrected chi connectivity index (χ0v) is 15.1. The van der Waals surface area contributed by atoms with Crippen molar-refractivity contribution in [1.29, 1.82) is 0 Å². The van der Waals surface area contributed by atoms with Crippen LogP contribution in [0.1, 0.15) is 12.8 Å². The van der Waals surface area contributed by atoms with Gasteiger partial charge >= 0.3 is 0 Å². The molecule has 0 saturated carbocycles. The number of hydrogen-bond acceptors (Lipinski definition) is 5. The Labute approximate surface area is 153 Å². The molecule has 25 heavy (non-hydrogen) atoms. The van der Waals surface area contributed by atoms with Crippen molar-refractivity contribution < 1.29 is 4.79 Å². The van der Waals surface area contributed by atoms with Crippen LogP contribution in [-0.4, -0.2) is 38.7 Å². The Balaban J connectivity index is 1.54. The predicted molar refractivity (Wildman–Crippen MR) is 99.5 cm³/mol. The van der Waals surface area contributed by atoms with Gasteiger partial charge in [0, 0.05) is 23.2 Å². The maximum atomic E-state index is 12.3. The Morgan fingerprint density at radius 2 is 1.92 bits per heavy atom. The molecular formula is C17H17BrN6O. The molecule has 128 valence electrons. The van der Waals surface area contributed by atoms with Gasteiger partial charge < -0.3 is 10.2 Å². The van der Waals surface area contributed by atoms with E-state index in [-0.39, 0.29) is 12.5 Å². The lowest BCUT2D eigenvalue weighted by atomic mass is 10.3. The Morgan fingerprint density at radius 1 is 1.16 bits per heavy atom. The third kappa shape index (κ3) is 3.34. The van der Waals surface area contributed by atoms with E-state index in [4.69, 9.17) is 0 Å². The summed E-state index contributed by atoms with van der Waals surface area (Å²) in [5, 5.41) is 8.10. The summed E-state index contributed by atoms with van der Waals surface area (Å²) in [7, 11) is 0. The molecule has 4 rings (SSSR count). The summed E-state index contributed by atoms with van der Waals surface area (Å²) in [5.41, 5.74) is 1.43. The van der Waals surface area contributed by atoms with Gasteiger partial charge in [0.1, 0.15) is 18.7 Å². The largest absolute Gasteiger partial charge is 0.356 e. The van der Waals surface area contributed by atoms with E-state index in [0.717, 1.165) is 34.5 Å². The maximum Gasteiger partial charge on any atom is 0.246 e. The monoisotopic (exact) mass is 400 g/mol. The van der Waals surface area contributed by atoms with Crippen LogP contribution < -0.4 is 10.2 Å². The number of fused-ring (bicyclic) bond motifs is 1. The SMILES string of the molecule is O=C(Cn1ncc2c(N3CCCC3)ncnc21)Nc1ccc(Br)cc1. The van der Waals surface area contributed by atoms with Gasteiger partial charge in [-0.2, -0.15) is 5.10 Å². The molecule has 1 amide bonds. The number of amides is 1. The minimum Gasteiger partial charge on any atom is -0.356 e. The third-order valence-corrected chi connectivity index (χ3v) is 4.77. The van der Waals surface area contributed by atoms with Gasteiger partial charge in [-0.3, -0.25) is 4.79 Å². The molecule has 2 aromatic heterocycles. The number of halogens is 1. The van der Waals surface area contributed by atoms with E-state index in [9.17, 15) is 4.79 Å². The smallest absolute Gasteiger partial charge is 0.246 e. The molecule has 0 radical (unpaired) electrons. The number of hydrogen-bond donors (Lipinski definition) is 1. The molecule has 0 spiro atoms. The lowest BCUT2D eigenvalue weighted by molar-refractivity contribution is -0.116. The molecular weight excluding hydrogens is 384 g/mol. The quantitative estimate of drug-likeness (QED) is 0.728. The minimum atomic E-state index is -0.145. The van der Waals surface area contributed by atoms with Crippen molar-refractivity contribution in [2.24, 2.45) is 0 Å². The highest BCUT2D eigenvalue weighted by Crippen LogP contribution is 2.25. The number of anilines is 2. The zero-order valence-electron chi connectivity index (χ0n) is 13.5. The van der Waals surface area contributed by atoms with Crippen LogP contribution in [0.5, 0.6) is 0 Å². The first-order valence-electron chi connectivity index (χ1n) is 8.17. The maximum absolute atomic E-state index is 12.3. The highest BCUT2D eigenvalue weighted by Gasteiger charge is 2.19. The molecule has 0 atom stereocenters. The van der Waals surface area contributed by atoms with E-state index in [1.165, 1.54) is 12.8 Å². The Kier molecular flexibility index (Phi) is 4.35. The molecule has 8 heteroatoms. The summed E-state index contributed by atoms with van der Waals surface area (Å²) in [4.78, 5) is 23.3. The van der Waals surface area contributed by atoms with Gasteiger partial charge in [0.25, 0.3) is 0 Å². The van der Waals surface area contributed by atoms with Crippen molar-refractivity contribution in [3.63, 3.8) is 0 Å². The molecule has 1 aliphatic heterocycles. The van der Waals surface area contributed by atoms with Crippen LogP contribution in [0.25, 0.3) is 11.0 Å². The fraction of sp³-hybridized carbons (Fsp3) is 0.294. The molecule has 3 aromatic rings. The first kappa shape index (κ1) is 16.0. The van der Waals surface area contributed by atoms with Gasteiger partial charge in [-0.1, -0.05) is 15.9 Å². The van der Waals surface area contributed by atoms with Crippen LogP contribution in [0.3, 0.4) is 0 Å². The molecule has 3 heterocycles. The molecule has 1 saturated heterocycles. The summed E-state index contributed by atoms with van der Waals surface area (Å²) in [6.07, 6.45) is 5.64. The van der Waals surface area contributed by atoms with Gasteiger partial charge in [0.05, 0.1) is 11.6 Å². The number of carbonyl (C=O) groups excluding carboxylic acids is 1. The highest BCUT2D eigenvalue weighted by atomic mass is 79.9. The Bertz CT molecular complexity index is 901. The number of nitrogens with one attached hydrogen (secondary N) is 1. The van der Waals surface area contributed by atoms with Crippen molar-refractivity contribution in [2.75, 3.05) is 23.3 Å². The van der Waals surface area contributed by atoms with Gasteiger partial charge in [0.15, 0.2) is 5.65 Å². The summed E-state index contributed by atoms with van der Waals surface area (Å²) >= 11 is 3.38. The van der Waals surface area contributed by atoms with Crippen LogP contribution in [0.4, 0.5) is 11.5 Å². The summed E-state index contributed by atoms with van der Waals surface area (Å²) in [6, 6.07) is 7.45. The molecule has 1 N–H and O–H groups in total. The van der Waals surface area contributed by atoms with Crippen molar-refractivity contribution in [2.45, 2.75) is 19.4 Å². The van der Waals surface area contributed by atoms with Gasteiger partial charge in [-0.15, -0.1) is 0 Å². The molecule has 0 aliphatic carbocycles. The lowest BCUT2D eigenvalue weighted by Crippen LogP contribution is -2.20. The molecule has 1 aliphatic rings. The molecule has 7 nitrogen and oxygen atoms in total. The van der Waals surface area contributed by atoms with E-state index in [0.29, 0.717) is 5.65 Å². The first-order valence-corrected chi connectivity index (χ1v) is 8.97. The average Bonchev–Trinajstić information content (AvgIpc) is 3.27. The first-order chi connectivity index (χ1) is 12.2. The average molecular weight is 401 g/mol. The predicted octanol–water partition coefficient (Wildman–Crippen LogP) is 2.83. The normalized spacial score (nSPS) is 14.2. The Hall–Kier alpha value is -2.48. The van der Waals surface area contributed by atoms with Crippen molar-refractivity contribution in [3.8, 4) is 0 Å². The van der Waals surface area contributed by atoms with Crippen LogP contribution in [-0.2, 0) is 11.3 Å². The van der Waals surface area contributed by atoms with E-state index in [1.807, 2.05) is 24.3 Å². The minimum absolute atomic E-state index is 0.107. The van der Waals surface area contributed by atoms with Crippen molar-refractivity contribution in [3.05, 3.63) is 41.3 Å².